The van der Waals surface area contributed by atoms with Crippen LogP contribution in [0.3, 0.4) is 0 Å². The van der Waals surface area contributed by atoms with E-state index in [1.807, 2.05) is 4.90 Å². The Morgan fingerprint density at radius 1 is 1.19 bits per heavy atom. The van der Waals surface area contributed by atoms with E-state index in [4.69, 9.17) is 4.74 Å². The van der Waals surface area contributed by atoms with E-state index in [0.717, 1.165) is 25.7 Å². The van der Waals surface area contributed by atoms with Gasteiger partial charge in [-0.05, 0) is 69.6 Å². The number of methoxy groups -OCH3 is 1. The topological polar surface area (TPSA) is 75.7 Å². The molecule has 1 aromatic rings. The van der Waals surface area contributed by atoms with Crippen LogP contribution in [0.25, 0.3) is 0 Å². The quantitative estimate of drug-likeness (QED) is 0.754. The maximum atomic E-state index is 13.2. The normalized spacial score (nSPS) is 21.3. The van der Waals surface area contributed by atoms with Gasteiger partial charge in [0.25, 0.3) is 5.91 Å². The van der Waals surface area contributed by atoms with Crippen molar-refractivity contribution in [2.24, 2.45) is 5.92 Å². The van der Waals surface area contributed by atoms with Crippen molar-refractivity contribution in [3.8, 4) is 5.75 Å². The summed E-state index contributed by atoms with van der Waals surface area (Å²) in [6.45, 7) is 2.11. The first-order chi connectivity index (χ1) is 12.4. The molecule has 6 nitrogen and oxygen atoms in total. The van der Waals surface area contributed by atoms with Crippen LogP contribution in [-0.4, -0.2) is 44.5 Å². The summed E-state index contributed by atoms with van der Waals surface area (Å²) in [5.41, 5.74) is 0.418. The Balaban J connectivity index is 1.65. The Morgan fingerprint density at radius 2 is 1.88 bits per heavy atom. The van der Waals surface area contributed by atoms with Crippen molar-refractivity contribution < 1.29 is 17.9 Å². The summed E-state index contributed by atoms with van der Waals surface area (Å²) in [5, 5.41) is 0. The van der Waals surface area contributed by atoms with Gasteiger partial charge in [-0.1, -0.05) is 0 Å². The lowest BCUT2D eigenvalue weighted by molar-refractivity contribution is 0.0654. The van der Waals surface area contributed by atoms with Gasteiger partial charge in [0, 0.05) is 23.7 Å². The summed E-state index contributed by atoms with van der Waals surface area (Å²) >= 11 is 0. The zero-order valence-electron chi connectivity index (χ0n) is 15.3. The lowest BCUT2D eigenvalue weighted by Gasteiger charge is -2.30. The lowest BCUT2D eigenvalue weighted by Crippen LogP contribution is -2.41. The summed E-state index contributed by atoms with van der Waals surface area (Å²) in [6.07, 6.45) is 6.13. The Kier molecular flexibility index (Phi) is 4.47. The molecule has 0 aromatic heterocycles. The zero-order chi connectivity index (χ0) is 18.5. The molecule has 0 saturated heterocycles. The van der Waals surface area contributed by atoms with Crippen molar-refractivity contribution in [1.82, 2.24) is 9.62 Å². The van der Waals surface area contributed by atoms with E-state index in [1.165, 1.54) is 26.0 Å². The second kappa shape index (κ2) is 6.53. The average molecular weight is 378 g/mol. The highest BCUT2D eigenvalue weighted by Gasteiger charge is 2.42. The highest BCUT2D eigenvalue weighted by Crippen LogP contribution is 2.40. The molecule has 3 fully saturated rings. The maximum Gasteiger partial charge on any atom is 0.254 e. The van der Waals surface area contributed by atoms with Gasteiger partial charge in [0.2, 0.25) is 10.0 Å². The molecule has 26 heavy (non-hydrogen) atoms. The molecule has 1 atom stereocenters. The average Bonchev–Trinajstić information content (AvgIpc) is 3.47. The van der Waals surface area contributed by atoms with Gasteiger partial charge in [-0.15, -0.1) is 0 Å². The van der Waals surface area contributed by atoms with Crippen LogP contribution in [-0.2, 0) is 10.0 Å². The Morgan fingerprint density at radius 3 is 2.42 bits per heavy atom. The van der Waals surface area contributed by atoms with Crippen LogP contribution >= 0.6 is 0 Å². The fraction of sp³-hybridized carbons (Fsp3) is 0.632. The molecule has 0 bridgehead atoms. The number of ether oxygens (including phenoxy) is 1. The molecule has 0 spiro atoms. The van der Waals surface area contributed by atoms with Gasteiger partial charge < -0.3 is 9.64 Å². The summed E-state index contributed by atoms with van der Waals surface area (Å²) in [4.78, 5) is 15.2. The van der Waals surface area contributed by atoms with Crippen LogP contribution < -0.4 is 9.46 Å². The number of hydrogen-bond acceptors (Lipinski definition) is 4. The monoisotopic (exact) mass is 378 g/mol. The number of benzene rings is 1. The van der Waals surface area contributed by atoms with E-state index in [2.05, 4.69) is 11.6 Å². The summed E-state index contributed by atoms with van der Waals surface area (Å²) in [6, 6.07) is 5.24. The smallest absolute Gasteiger partial charge is 0.254 e. The van der Waals surface area contributed by atoms with E-state index in [9.17, 15) is 13.2 Å². The standard InChI is InChI=1S/C19H26N2O4S/c1-12(13-3-4-13)21(16-8-9-16)19(22)14-5-10-17(25-2)18(11-14)26(23,24)20-15-6-7-15/h5,10-13,15-16,20H,3-4,6-9H2,1-2H3. The molecule has 3 aliphatic carbocycles. The third kappa shape index (κ3) is 3.60. The van der Waals surface area contributed by atoms with Gasteiger partial charge in [-0.2, -0.15) is 0 Å². The van der Waals surface area contributed by atoms with Gasteiger partial charge in [0.05, 0.1) is 7.11 Å². The molecule has 4 rings (SSSR count). The SMILES string of the molecule is COc1ccc(C(=O)N(C2CC2)C(C)C2CC2)cc1S(=O)(=O)NC1CC1. The Labute approximate surface area is 155 Å². The third-order valence-corrected chi connectivity index (χ3v) is 7.06. The molecule has 3 aliphatic rings. The van der Waals surface area contributed by atoms with Crippen molar-refractivity contribution in [1.29, 1.82) is 0 Å². The Hall–Kier alpha value is -1.60. The molecule has 0 heterocycles. The molecule has 3 saturated carbocycles. The lowest BCUT2D eigenvalue weighted by atomic mass is 10.1. The minimum Gasteiger partial charge on any atom is -0.495 e. The molecule has 142 valence electrons. The fourth-order valence-corrected chi connectivity index (χ4v) is 4.99. The third-order valence-electron chi connectivity index (χ3n) is 5.52. The summed E-state index contributed by atoms with van der Waals surface area (Å²) < 4.78 is 33.3. The number of hydrogen-bond donors (Lipinski definition) is 1. The van der Waals surface area contributed by atoms with E-state index in [1.54, 1.807) is 12.1 Å². The number of nitrogens with one attached hydrogen (secondary N) is 1. The fourth-order valence-electron chi connectivity index (χ4n) is 3.49. The van der Waals surface area contributed by atoms with Gasteiger partial charge in [-0.3, -0.25) is 4.79 Å². The van der Waals surface area contributed by atoms with Crippen molar-refractivity contribution in [3.63, 3.8) is 0 Å². The number of carbonyl (C=O) groups is 1. The van der Waals surface area contributed by atoms with Crippen LogP contribution in [0.5, 0.6) is 5.75 Å². The van der Waals surface area contributed by atoms with Crippen molar-refractivity contribution in [3.05, 3.63) is 23.8 Å². The molecule has 1 aromatic carbocycles. The predicted octanol–water partition coefficient (Wildman–Crippen LogP) is 2.54. The summed E-state index contributed by atoms with van der Waals surface area (Å²) in [5.74, 6) is 0.776. The first-order valence-corrected chi connectivity index (χ1v) is 10.9. The minimum atomic E-state index is -3.70. The van der Waals surface area contributed by atoms with E-state index in [0.29, 0.717) is 17.5 Å². The van der Waals surface area contributed by atoms with Crippen LogP contribution in [0.4, 0.5) is 0 Å². The summed E-state index contributed by atoms with van der Waals surface area (Å²) in [7, 11) is -2.25. The zero-order valence-corrected chi connectivity index (χ0v) is 16.1. The van der Waals surface area contributed by atoms with Crippen LogP contribution in [0.15, 0.2) is 23.1 Å². The first-order valence-electron chi connectivity index (χ1n) is 9.43. The number of amides is 1. The van der Waals surface area contributed by atoms with Gasteiger partial charge >= 0.3 is 0 Å². The number of carbonyl (C=O) groups excluding carboxylic acids is 1. The second-order valence-electron chi connectivity index (χ2n) is 7.78. The van der Waals surface area contributed by atoms with Gasteiger partial charge in [0.1, 0.15) is 10.6 Å². The van der Waals surface area contributed by atoms with Crippen molar-refractivity contribution >= 4 is 15.9 Å². The van der Waals surface area contributed by atoms with E-state index < -0.39 is 10.0 Å². The predicted molar refractivity (Wildman–Crippen MR) is 97.7 cm³/mol. The first kappa shape index (κ1) is 17.8. The Bertz CT molecular complexity index is 811. The van der Waals surface area contributed by atoms with Crippen LogP contribution in [0.1, 0.15) is 55.8 Å². The number of rotatable bonds is 8. The largest absolute Gasteiger partial charge is 0.495 e. The highest BCUT2D eigenvalue weighted by atomic mass is 32.2. The number of sulfonamides is 1. The molecule has 1 unspecified atom stereocenters. The second-order valence-corrected chi connectivity index (χ2v) is 9.47. The van der Waals surface area contributed by atoms with E-state index >= 15 is 0 Å². The molecular formula is C19H26N2O4S. The molecule has 0 aliphatic heterocycles. The van der Waals surface area contributed by atoms with E-state index in [-0.39, 0.29) is 28.6 Å². The highest BCUT2D eigenvalue weighted by molar-refractivity contribution is 7.89. The van der Waals surface area contributed by atoms with Crippen LogP contribution in [0.2, 0.25) is 0 Å². The van der Waals surface area contributed by atoms with Gasteiger partial charge in [-0.25, -0.2) is 13.1 Å². The van der Waals surface area contributed by atoms with Gasteiger partial charge in [0.15, 0.2) is 0 Å². The number of nitrogens with zero attached hydrogens (tertiary/aromatic N) is 1. The van der Waals surface area contributed by atoms with Crippen molar-refractivity contribution in [2.75, 3.05) is 7.11 Å². The van der Waals surface area contributed by atoms with Crippen LogP contribution in [0, 0.1) is 5.92 Å². The molecule has 1 amide bonds. The molecular weight excluding hydrogens is 352 g/mol. The molecule has 1 N–H and O–H groups in total. The van der Waals surface area contributed by atoms with Crippen molar-refractivity contribution in [2.45, 2.75) is 68.5 Å². The molecule has 7 heteroatoms. The minimum absolute atomic E-state index is 0.00177. The maximum absolute atomic E-state index is 13.2. The molecule has 0 radical (unpaired) electrons.